The van der Waals surface area contributed by atoms with Gasteiger partial charge in [-0.2, -0.15) is 52.7 Å². The van der Waals surface area contributed by atoms with E-state index in [0.717, 1.165) is 90.1 Å². The summed E-state index contributed by atoms with van der Waals surface area (Å²) in [5.41, 5.74) is -3.79. The van der Waals surface area contributed by atoms with Gasteiger partial charge in [0.25, 0.3) is 0 Å². The Labute approximate surface area is 538 Å². The van der Waals surface area contributed by atoms with Crippen molar-refractivity contribution in [2.75, 3.05) is 0 Å². The SMILES string of the molecule is CCCCCCCCCCCCCCc1c(-c2ccc(C)s2)sc2c(CCCCCCCCCCCCCC)c(-c3ccc(-c4ccc5c(=C(C(F)(F)F)C(F)(F)F)/c(=c6/c(=C(C(F)(F)F)C(F)(F)F)c7ccc(C(C)(C)CC)cc7n6C)n(C)c5c4)s3)sc12. The van der Waals surface area contributed by atoms with E-state index >= 15 is 52.7 Å². The zero-order chi connectivity index (χ0) is 65.3. The van der Waals surface area contributed by atoms with Gasteiger partial charge in [-0.15, -0.1) is 45.3 Å². The van der Waals surface area contributed by atoms with E-state index in [-0.39, 0.29) is 11.0 Å². The maximum absolute atomic E-state index is 15.3. The zero-order valence-corrected chi connectivity index (χ0v) is 56.7. The molecular weight excluding hydrogens is 1250 g/mol. The Morgan fingerprint density at radius 1 is 0.400 bits per heavy atom. The van der Waals surface area contributed by atoms with Crippen LogP contribution in [0.3, 0.4) is 0 Å². The predicted molar refractivity (Wildman–Crippen MR) is 357 cm³/mol. The van der Waals surface area contributed by atoms with Gasteiger partial charge in [-0.1, -0.05) is 200 Å². The van der Waals surface area contributed by atoms with Crippen molar-refractivity contribution in [2.24, 2.45) is 14.1 Å². The molecule has 0 saturated carbocycles. The first kappa shape index (κ1) is 71.3. The van der Waals surface area contributed by atoms with Crippen molar-refractivity contribution in [3.63, 3.8) is 0 Å². The number of aryl methyl sites for hydroxylation is 5. The summed E-state index contributed by atoms with van der Waals surface area (Å²) in [4.78, 5) is 6.46. The van der Waals surface area contributed by atoms with E-state index in [2.05, 4.69) is 32.9 Å². The smallest absolute Gasteiger partial charge is 0.342 e. The number of aromatic nitrogens is 2. The highest BCUT2D eigenvalue weighted by molar-refractivity contribution is 7.34. The van der Waals surface area contributed by atoms with Crippen LogP contribution in [0.4, 0.5) is 52.7 Å². The summed E-state index contributed by atoms with van der Waals surface area (Å²) in [6.45, 7) is 12.0. The molecule has 8 aromatic rings. The molecule has 90 heavy (non-hydrogen) atoms. The summed E-state index contributed by atoms with van der Waals surface area (Å²) in [7, 11) is 2.16. The van der Waals surface area contributed by atoms with Crippen molar-refractivity contribution >= 4 is 87.7 Å². The van der Waals surface area contributed by atoms with Crippen molar-refractivity contribution in [3.8, 4) is 29.9 Å². The number of rotatable bonds is 31. The highest BCUT2D eigenvalue weighted by Gasteiger charge is 2.54. The molecule has 2 nitrogen and oxygen atoms in total. The fraction of sp³-hybridized carbons (Fsp3) is 0.556. The third-order valence-corrected chi connectivity index (χ3v) is 23.5. The number of halogens is 12. The molecule has 2 aromatic carbocycles. The Hall–Kier alpha value is -4.52. The molecule has 0 aliphatic carbocycles. The van der Waals surface area contributed by atoms with Crippen LogP contribution in [0, 0.1) is 17.6 Å². The molecule has 8 rings (SSSR count). The van der Waals surface area contributed by atoms with Crippen molar-refractivity contribution in [1.82, 2.24) is 9.13 Å². The Balaban J connectivity index is 1.25. The van der Waals surface area contributed by atoms with Gasteiger partial charge in [0.15, 0.2) is 0 Å². The minimum atomic E-state index is -6.16. The standard InChI is InChI=1S/C72H88F12N2S4/c1-9-12-14-16-18-20-22-24-26-28-30-32-34-51-62(56-41-36-46(4)87-56)89-65-52(35-33-31-29-27-25-23-21-19-17-15-13-10-2)63(90-64(51)65)57-43-42-55(88-57)47-37-39-49-53(44-47)85(7)60(58(49)66(69(73,74)75)70(76,77)78)61-59(67(71(79,80)81)72(82,83)84)50-40-38-48(68(5,6)11-3)45-54(50)86(61)8/h36-45H,9-35H2,1-8H3/b61-60+. The van der Waals surface area contributed by atoms with Crippen molar-refractivity contribution in [1.29, 1.82) is 0 Å². The maximum atomic E-state index is 15.3. The van der Waals surface area contributed by atoms with Crippen LogP contribution in [0.2, 0.25) is 0 Å². The monoisotopic (exact) mass is 1340 g/mol. The van der Waals surface area contributed by atoms with E-state index in [1.54, 1.807) is 36.5 Å². The molecular formula is C72H88F12N2S4. The van der Waals surface area contributed by atoms with Gasteiger partial charge in [-0.3, -0.25) is 0 Å². The third-order valence-electron chi connectivity index (χ3n) is 18.3. The van der Waals surface area contributed by atoms with Gasteiger partial charge in [0.2, 0.25) is 0 Å². The molecule has 0 spiro atoms. The van der Waals surface area contributed by atoms with Crippen molar-refractivity contribution < 1.29 is 52.7 Å². The van der Waals surface area contributed by atoms with E-state index in [9.17, 15) is 0 Å². The van der Waals surface area contributed by atoms with Crippen LogP contribution >= 0.6 is 45.3 Å². The van der Waals surface area contributed by atoms with Gasteiger partial charge in [0, 0.05) is 85.0 Å². The fourth-order valence-electron chi connectivity index (χ4n) is 12.9. The second kappa shape index (κ2) is 30.7. The van der Waals surface area contributed by atoms with E-state index < -0.39 is 73.2 Å². The zero-order valence-electron chi connectivity index (χ0n) is 53.4. The Morgan fingerprint density at radius 3 is 1.13 bits per heavy atom. The molecule has 18 heteroatoms. The third kappa shape index (κ3) is 16.7. The number of nitrogens with zero attached hydrogens (tertiary/aromatic N) is 2. The first-order chi connectivity index (χ1) is 42.6. The van der Waals surface area contributed by atoms with Gasteiger partial charge in [-0.05, 0) is 103 Å². The largest absolute Gasteiger partial charge is 0.422 e. The lowest BCUT2D eigenvalue weighted by Crippen LogP contribution is -2.34. The van der Waals surface area contributed by atoms with Crippen LogP contribution in [0.25, 0.3) is 72.3 Å². The van der Waals surface area contributed by atoms with Crippen LogP contribution in [0.15, 0.2) is 60.7 Å². The van der Waals surface area contributed by atoms with Crippen molar-refractivity contribution in [2.45, 2.75) is 245 Å². The highest BCUT2D eigenvalue weighted by Crippen LogP contribution is 2.52. The molecule has 0 aliphatic heterocycles. The van der Waals surface area contributed by atoms with Crippen LogP contribution in [-0.2, 0) is 32.4 Å². The topological polar surface area (TPSA) is 9.86 Å². The van der Waals surface area contributed by atoms with E-state index in [1.165, 1.54) is 193 Å². The summed E-state index contributed by atoms with van der Waals surface area (Å²) in [5.74, 6) is 0. The number of hydrogen-bond acceptors (Lipinski definition) is 4. The van der Waals surface area contributed by atoms with E-state index in [1.807, 2.05) is 30.4 Å². The lowest BCUT2D eigenvalue weighted by Gasteiger charge is -2.23. The molecule has 0 unspecified atom stereocenters. The lowest BCUT2D eigenvalue weighted by atomic mass is 9.82. The Kier molecular flexibility index (Phi) is 24.3. The molecule has 0 bridgehead atoms. The van der Waals surface area contributed by atoms with Gasteiger partial charge >= 0.3 is 24.7 Å². The molecule has 494 valence electrons. The van der Waals surface area contributed by atoms with Gasteiger partial charge in [0.05, 0.1) is 10.7 Å². The molecule has 6 heterocycles. The summed E-state index contributed by atoms with van der Waals surface area (Å²) in [5, 5.41) is -6.65. The Morgan fingerprint density at radius 2 is 0.756 bits per heavy atom. The van der Waals surface area contributed by atoms with Gasteiger partial charge in [0.1, 0.15) is 11.1 Å². The predicted octanol–water partition coefficient (Wildman–Crippen LogP) is 25.4. The summed E-state index contributed by atoms with van der Waals surface area (Å²) < 4.78 is 187. The first-order valence-electron chi connectivity index (χ1n) is 32.7. The minimum absolute atomic E-state index is 0.241. The Bertz CT molecular complexity index is 3870. The number of benzene rings is 2. The van der Waals surface area contributed by atoms with E-state index in [4.69, 9.17) is 0 Å². The fourth-order valence-corrected chi connectivity index (χ4v) is 18.1. The molecule has 0 aliphatic rings. The quantitative estimate of drug-likeness (QED) is 0.0303. The van der Waals surface area contributed by atoms with E-state index in [0.29, 0.717) is 22.4 Å². The molecule has 0 atom stereocenters. The average molecular weight is 1340 g/mol. The van der Waals surface area contributed by atoms with Crippen LogP contribution in [-0.4, -0.2) is 33.8 Å². The molecule has 0 amide bonds. The van der Waals surface area contributed by atoms with Crippen LogP contribution < -0.4 is 10.4 Å². The lowest BCUT2D eigenvalue weighted by molar-refractivity contribution is -0.140. The second-order valence-electron chi connectivity index (χ2n) is 25.3. The molecule has 0 radical (unpaired) electrons. The summed E-state index contributed by atoms with van der Waals surface area (Å²) in [6, 6.07) is 15.8. The first-order valence-corrected chi connectivity index (χ1v) is 35.9. The van der Waals surface area contributed by atoms with Crippen LogP contribution in [0.5, 0.6) is 0 Å². The second-order valence-corrected chi connectivity index (χ2v) is 29.8. The normalized spacial score (nSPS) is 13.4. The minimum Gasteiger partial charge on any atom is -0.342 e. The number of thiophene rings is 4. The molecule has 6 aromatic heterocycles. The highest BCUT2D eigenvalue weighted by atomic mass is 32.1. The molecule has 0 fully saturated rings. The average Bonchev–Trinajstić information content (AvgIpc) is 1.55. The molecule has 0 saturated heterocycles. The van der Waals surface area contributed by atoms with Crippen molar-refractivity contribution in [3.05, 3.63) is 103 Å². The number of alkyl halides is 12. The number of unbranched alkanes of at least 4 members (excludes halogenated alkanes) is 22. The molecule has 0 N–H and O–H groups in total. The summed E-state index contributed by atoms with van der Waals surface area (Å²) >= 11 is 6.86. The van der Waals surface area contributed by atoms with Gasteiger partial charge < -0.3 is 9.13 Å². The number of fused-ring (bicyclic) bond motifs is 3. The van der Waals surface area contributed by atoms with Gasteiger partial charge in [-0.25, -0.2) is 0 Å². The number of hydrogen-bond donors (Lipinski definition) is 0. The van der Waals surface area contributed by atoms with Crippen LogP contribution in [0.1, 0.15) is 217 Å². The maximum Gasteiger partial charge on any atom is 0.422 e. The summed E-state index contributed by atoms with van der Waals surface area (Å²) in [6.07, 6.45) is 7.13.